The molecule has 1 saturated heterocycles. The van der Waals surface area contributed by atoms with Crippen molar-refractivity contribution >= 4 is 29.5 Å². The van der Waals surface area contributed by atoms with E-state index in [-0.39, 0.29) is 31.8 Å². The Morgan fingerprint density at radius 2 is 1.91 bits per heavy atom. The molecule has 4 rings (SSSR count). The highest BCUT2D eigenvalue weighted by atomic mass is 16.4. The van der Waals surface area contributed by atoms with Gasteiger partial charge in [0.25, 0.3) is 17.7 Å². The monoisotopic (exact) mass is 450 g/mol. The number of fused-ring (bicyclic) bond motifs is 1. The molecule has 3 heterocycles. The molecule has 2 N–H and O–H groups in total. The first-order chi connectivity index (χ1) is 15.8. The molecule has 33 heavy (non-hydrogen) atoms. The van der Waals surface area contributed by atoms with E-state index < -0.39 is 29.9 Å². The highest BCUT2D eigenvalue weighted by Gasteiger charge is 2.53. The second-order valence-electron chi connectivity index (χ2n) is 7.84. The standard InChI is InChI=1S/C22H22N6O5/c1-13-5-2-8-16(23-13)24-20(31)15-7-3-6-14(11-15)12-28-19-18(25-26-28)21(32)27(22(19)33)10-4-9-17(29)30/h2-3,5-8,11,18-19H,4,9-10,12H2,1H3,(H,29,30)(H,23,24,31)/t18-,19+/m1/s1. The lowest BCUT2D eigenvalue weighted by Gasteiger charge is -2.20. The molecular formula is C22H22N6O5. The lowest BCUT2D eigenvalue weighted by Crippen LogP contribution is -2.39. The summed E-state index contributed by atoms with van der Waals surface area (Å²) in [6, 6.07) is 10.4. The number of carboxylic acids is 1. The highest BCUT2D eigenvalue weighted by molar-refractivity contribution is 6.09. The smallest absolute Gasteiger partial charge is 0.303 e. The van der Waals surface area contributed by atoms with Gasteiger partial charge >= 0.3 is 5.97 Å². The molecule has 2 atom stereocenters. The second kappa shape index (κ2) is 9.15. The Balaban J connectivity index is 1.43. The van der Waals surface area contributed by atoms with Crippen LogP contribution in [0.25, 0.3) is 0 Å². The molecular weight excluding hydrogens is 428 g/mol. The van der Waals surface area contributed by atoms with E-state index in [0.29, 0.717) is 16.9 Å². The van der Waals surface area contributed by atoms with Crippen molar-refractivity contribution in [1.82, 2.24) is 14.9 Å². The van der Waals surface area contributed by atoms with Crippen LogP contribution in [0.5, 0.6) is 0 Å². The van der Waals surface area contributed by atoms with Crippen molar-refractivity contribution in [2.45, 2.75) is 38.4 Å². The van der Waals surface area contributed by atoms with E-state index >= 15 is 0 Å². The third-order valence-electron chi connectivity index (χ3n) is 5.39. The van der Waals surface area contributed by atoms with Crippen molar-refractivity contribution in [3.63, 3.8) is 0 Å². The fraction of sp³-hybridized carbons (Fsp3) is 0.318. The van der Waals surface area contributed by atoms with Gasteiger partial charge in [-0.25, -0.2) is 4.98 Å². The number of imide groups is 1. The van der Waals surface area contributed by atoms with Crippen LogP contribution in [0.1, 0.15) is 34.5 Å². The number of carbonyl (C=O) groups is 4. The lowest BCUT2D eigenvalue weighted by atomic mass is 10.1. The Labute approximate surface area is 189 Å². The van der Waals surface area contributed by atoms with Gasteiger partial charge in [-0.3, -0.25) is 29.1 Å². The Kier molecular flexibility index (Phi) is 6.11. The summed E-state index contributed by atoms with van der Waals surface area (Å²) in [6.07, 6.45) is 0.0426. The normalized spacial score (nSPS) is 19.2. The molecule has 170 valence electrons. The first-order valence-corrected chi connectivity index (χ1v) is 10.4. The summed E-state index contributed by atoms with van der Waals surface area (Å²) in [4.78, 5) is 54.0. The molecule has 0 aliphatic carbocycles. The number of amides is 3. The van der Waals surface area contributed by atoms with Crippen LogP contribution >= 0.6 is 0 Å². The van der Waals surface area contributed by atoms with Gasteiger partial charge in [0.1, 0.15) is 5.82 Å². The van der Waals surface area contributed by atoms with Gasteiger partial charge in [0.2, 0.25) is 0 Å². The average molecular weight is 450 g/mol. The fourth-order valence-corrected chi connectivity index (χ4v) is 3.82. The van der Waals surface area contributed by atoms with Crippen LogP contribution in [-0.2, 0) is 20.9 Å². The summed E-state index contributed by atoms with van der Waals surface area (Å²) in [5.74, 6) is -1.79. The predicted octanol–water partition coefficient (Wildman–Crippen LogP) is 1.80. The van der Waals surface area contributed by atoms with Crippen LogP contribution in [0.4, 0.5) is 5.82 Å². The molecule has 1 aromatic carbocycles. The maximum Gasteiger partial charge on any atom is 0.303 e. The number of carbonyl (C=O) groups excluding carboxylic acids is 3. The minimum Gasteiger partial charge on any atom is -0.481 e. The number of benzene rings is 1. The van der Waals surface area contributed by atoms with Crippen LogP contribution in [0.3, 0.4) is 0 Å². The summed E-state index contributed by atoms with van der Waals surface area (Å²) in [5.41, 5.74) is 1.90. The number of nitrogens with zero attached hydrogens (tertiary/aromatic N) is 5. The molecule has 1 fully saturated rings. The number of hydrogen-bond acceptors (Lipinski definition) is 8. The first kappa shape index (κ1) is 22.1. The zero-order chi connectivity index (χ0) is 23.5. The largest absolute Gasteiger partial charge is 0.481 e. The Morgan fingerprint density at radius 1 is 1.12 bits per heavy atom. The zero-order valence-corrected chi connectivity index (χ0v) is 17.8. The van der Waals surface area contributed by atoms with Gasteiger partial charge in [0.05, 0.1) is 6.54 Å². The molecule has 3 amide bonds. The van der Waals surface area contributed by atoms with Crippen LogP contribution in [0.2, 0.25) is 0 Å². The number of nitrogens with one attached hydrogen (secondary N) is 1. The topological polar surface area (TPSA) is 145 Å². The first-order valence-electron chi connectivity index (χ1n) is 10.4. The Hall–Kier alpha value is -4.15. The third-order valence-corrected chi connectivity index (χ3v) is 5.39. The van der Waals surface area contributed by atoms with Gasteiger partial charge in [0, 0.05) is 24.2 Å². The highest BCUT2D eigenvalue weighted by Crippen LogP contribution is 2.29. The number of aryl methyl sites for hydroxylation is 1. The van der Waals surface area contributed by atoms with Crippen molar-refractivity contribution in [2.75, 3.05) is 11.9 Å². The number of pyridine rings is 1. The summed E-state index contributed by atoms with van der Waals surface area (Å²) in [6.45, 7) is 2.04. The Morgan fingerprint density at radius 3 is 2.67 bits per heavy atom. The van der Waals surface area contributed by atoms with Gasteiger partial charge in [0.15, 0.2) is 12.1 Å². The number of rotatable bonds is 8. The quantitative estimate of drug-likeness (QED) is 0.583. The third kappa shape index (κ3) is 4.71. The molecule has 11 heteroatoms. The van der Waals surface area contributed by atoms with E-state index in [1.165, 1.54) is 5.01 Å². The summed E-state index contributed by atoms with van der Waals surface area (Å²) in [7, 11) is 0. The second-order valence-corrected chi connectivity index (χ2v) is 7.84. The number of hydrogen-bond donors (Lipinski definition) is 2. The van der Waals surface area contributed by atoms with Gasteiger partial charge < -0.3 is 10.4 Å². The molecule has 0 unspecified atom stereocenters. The van der Waals surface area contributed by atoms with Crippen LogP contribution in [0.15, 0.2) is 52.8 Å². The van der Waals surface area contributed by atoms with Crippen LogP contribution in [0, 0.1) is 6.92 Å². The number of aliphatic carboxylic acids is 1. The van der Waals surface area contributed by atoms with E-state index in [9.17, 15) is 19.2 Å². The van der Waals surface area contributed by atoms with Crippen LogP contribution in [-0.4, -0.2) is 62.3 Å². The minimum absolute atomic E-state index is 0.0307. The van der Waals surface area contributed by atoms with Gasteiger partial charge in [-0.2, -0.15) is 5.11 Å². The molecule has 0 saturated carbocycles. The van der Waals surface area contributed by atoms with Crippen molar-refractivity contribution in [3.8, 4) is 0 Å². The van der Waals surface area contributed by atoms with Crippen molar-refractivity contribution < 1.29 is 24.3 Å². The lowest BCUT2D eigenvalue weighted by molar-refractivity contribution is -0.142. The maximum absolute atomic E-state index is 12.8. The summed E-state index contributed by atoms with van der Waals surface area (Å²) < 4.78 is 0. The molecule has 2 aromatic rings. The van der Waals surface area contributed by atoms with Gasteiger partial charge in [-0.05, 0) is 43.2 Å². The summed E-state index contributed by atoms with van der Waals surface area (Å²) >= 11 is 0. The average Bonchev–Trinajstić information content (AvgIpc) is 3.28. The van der Waals surface area contributed by atoms with E-state index in [2.05, 4.69) is 20.6 Å². The van der Waals surface area contributed by atoms with E-state index in [1.807, 2.05) is 13.0 Å². The number of carboxylic acid groups (broad SMARTS) is 1. The zero-order valence-electron chi connectivity index (χ0n) is 17.8. The molecule has 0 bridgehead atoms. The van der Waals surface area contributed by atoms with Gasteiger partial charge in [-0.15, -0.1) is 0 Å². The number of aromatic nitrogens is 1. The predicted molar refractivity (Wildman–Crippen MR) is 115 cm³/mol. The SMILES string of the molecule is Cc1cccc(NC(=O)c2cccc(CN3N=N[C@H]4C(=O)N(CCCC(=O)O)C(=O)[C@H]43)c2)n1. The van der Waals surface area contributed by atoms with Crippen LogP contribution < -0.4 is 5.32 Å². The molecule has 0 spiro atoms. The number of anilines is 1. The molecule has 1 aromatic heterocycles. The van der Waals surface area contributed by atoms with E-state index in [1.54, 1.807) is 36.4 Å². The number of likely N-dealkylation sites (tertiary alicyclic amines) is 1. The van der Waals surface area contributed by atoms with Gasteiger partial charge in [-0.1, -0.05) is 23.4 Å². The Bertz CT molecular complexity index is 1150. The van der Waals surface area contributed by atoms with E-state index in [4.69, 9.17) is 5.11 Å². The molecule has 0 radical (unpaired) electrons. The summed E-state index contributed by atoms with van der Waals surface area (Å²) in [5, 5.41) is 20.9. The minimum atomic E-state index is -0.988. The van der Waals surface area contributed by atoms with Crippen molar-refractivity contribution in [3.05, 3.63) is 59.3 Å². The van der Waals surface area contributed by atoms with E-state index in [0.717, 1.165) is 10.6 Å². The maximum atomic E-state index is 12.8. The fourth-order valence-electron chi connectivity index (χ4n) is 3.82. The molecule has 2 aliphatic rings. The van der Waals surface area contributed by atoms with Crippen molar-refractivity contribution in [1.29, 1.82) is 0 Å². The van der Waals surface area contributed by atoms with Crippen molar-refractivity contribution in [2.24, 2.45) is 10.3 Å². The molecule has 2 aliphatic heterocycles. The molecule has 11 nitrogen and oxygen atoms in total.